The average molecular weight is 525 g/mol. The van der Waals surface area contributed by atoms with Gasteiger partial charge in [-0.1, -0.05) is 60.2 Å². The molecule has 1 heterocycles. The monoisotopic (exact) mass is 524 g/mol. The largest absolute Gasteiger partial charge is 0.366 e. The minimum Gasteiger partial charge on any atom is -0.366 e. The Labute approximate surface area is 223 Å². The first kappa shape index (κ1) is 26.7. The highest BCUT2D eigenvalue weighted by atomic mass is 32.2. The van der Waals surface area contributed by atoms with E-state index in [1.165, 1.54) is 6.07 Å². The van der Waals surface area contributed by atoms with Crippen LogP contribution in [0.3, 0.4) is 0 Å². The van der Waals surface area contributed by atoms with Crippen LogP contribution in [-0.2, 0) is 10.0 Å². The number of hydrogen-bond donors (Lipinski definition) is 2. The third kappa shape index (κ3) is 5.49. The number of aryl methyl sites for hydroxylation is 1. The molecule has 0 unspecified atom stereocenters. The molecule has 0 bridgehead atoms. The van der Waals surface area contributed by atoms with Gasteiger partial charge in [0, 0.05) is 34.0 Å². The van der Waals surface area contributed by atoms with Crippen molar-refractivity contribution in [2.75, 3.05) is 0 Å². The molecule has 1 aromatic heterocycles. The van der Waals surface area contributed by atoms with E-state index in [1.807, 2.05) is 37.3 Å². The summed E-state index contributed by atoms with van der Waals surface area (Å²) in [6.07, 6.45) is 1.61. The van der Waals surface area contributed by atoms with Gasteiger partial charge >= 0.3 is 0 Å². The minimum atomic E-state index is -4.01. The molecule has 7 nitrogen and oxygen atoms in total. The normalized spacial score (nSPS) is 11.7. The van der Waals surface area contributed by atoms with Crippen molar-refractivity contribution >= 4 is 15.9 Å². The standard InChI is InChI=1S/C30H28N4O3S/c1-19-13-14-25(38(36,37)34-30(2,3)4)23(15-19)26-24(21-10-6-5-7-11-21)18-33-28(27(26)29(32)35)22-12-8-9-20(16-22)17-31/h5-16,18,34H,1-4H3,(H2,32,35). The molecular formula is C30H28N4O3S. The number of carbonyl (C=O) groups excluding carboxylic acids is 1. The van der Waals surface area contributed by atoms with Crippen LogP contribution in [0.1, 0.15) is 42.3 Å². The number of nitrogens with two attached hydrogens (primary N) is 1. The van der Waals surface area contributed by atoms with E-state index in [4.69, 9.17) is 5.73 Å². The third-order valence-electron chi connectivity index (χ3n) is 5.81. The summed E-state index contributed by atoms with van der Waals surface area (Å²) in [5.41, 5.74) is 9.27. The van der Waals surface area contributed by atoms with Crippen LogP contribution < -0.4 is 10.5 Å². The second-order valence-electron chi connectivity index (χ2n) is 10.0. The Kier molecular flexibility index (Phi) is 7.18. The molecule has 192 valence electrons. The third-order valence-corrected chi connectivity index (χ3v) is 7.63. The number of carbonyl (C=O) groups is 1. The fourth-order valence-electron chi connectivity index (χ4n) is 4.35. The fraction of sp³-hybridized carbons (Fsp3) is 0.167. The number of sulfonamides is 1. The number of primary amides is 1. The van der Waals surface area contributed by atoms with Gasteiger partial charge in [0.25, 0.3) is 5.91 Å². The van der Waals surface area contributed by atoms with Crippen LogP contribution in [0, 0.1) is 18.3 Å². The van der Waals surface area contributed by atoms with Crippen LogP contribution in [0.5, 0.6) is 0 Å². The topological polar surface area (TPSA) is 126 Å². The average Bonchev–Trinajstić information content (AvgIpc) is 2.86. The maximum absolute atomic E-state index is 13.6. The first-order valence-corrected chi connectivity index (χ1v) is 13.4. The highest BCUT2D eigenvalue weighted by molar-refractivity contribution is 7.89. The van der Waals surface area contributed by atoms with E-state index in [-0.39, 0.29) is 16.2 Å². The lowest BCUT2D eigenvalue weighted by molar-refractivity contribution is 0.100. The summed E-state index contributed by atoms with van der Waals surface area (Å²) in [5.74, 6) is -0.767. The van der Waals surface area contributed by atoms with E-state index in [0.29, 0.717) is 27.8 Å². The van der Waals surface area contributed by atoms with Crippen LogP contribution in [-0.4, -0.2) is 24.8 Å². The molecule has 3 N–H and O–H groups in total. The quantitative estimate of drug-likeness (QED) is 0.347. The zero-order chi connectivity index (χ0) is 27.7. The van der Waals surface area contributed by atoms with Crippen LogP contribution in [0.4, 0.5) is 0 Å². The number of amides is 1. The summed E-state index contributed by atoms with van der Waals surface area (Å²) in [6, 6.07) is 23.1. The van der Waals surface area contributed by atoms with E-state index in [9.17, 15) is 18.5 Å². The van der Waals surface area contributed by atoms with Crippen LogP contribution in [0.15, 0.2) is 83.9 Å². The Hall–Kier alpha value is -4.32. The number of hydrogen-bond acceptors (Lipinski definition) is 5. The van der Waals surface area contributed by atoms with Gasteiger partial charge in [0.2, 0.25) is 10.0 Å². The van der Waals surface area contributed by atoms with Gasteiger partial charge in [-0.15, -0.1) is 0 Å². The molecule has 0 atom stereocenters. The Morgan fingerprint density at radius 3 is 2.26 bits per heavy atom. The summed E-state index contributed by atoms with van der Waals surface area (Å²) in [5, 5.41) is 9.43. The van der Waals surface area contributed by atoms with Gasteiger partial charge < -0.3 is 5.73 Å². The Bertz CT molecular complexity index is 1680. The van der Waals surface area contributed by atoms with E-state index < -0.39 is 21.5 Å². The first-order chi connectivity index (χ1) is 17.9. The minimum absolute atomic E-state index is 0.0145. The number of rotatable bonds is 6. The number of pyridine rings is 1. The molecule has 0 radical (unpaired) electrons. The summed E-state index contributed by atoms with van der Waals surface area (Å²) < 4.78 is 30.0. The molecule has 0 saturated carbocycles. The molecule has 0 aliphatic carbocycles. The van der Waals surface area contributed by atoms with Crippen molar-refractivity contribution in [2.24, 2.45) is 5.73 Å². The number of nitriles is 1. The van der Waals surface area contributed by atoms with Gasteiger partial charge in [-0.2, -0.15) is 5.26 Å². The molecule has 0 fully saturated rings. The van der Waals surface area contributed by atoms with E-state index >= 15 is 0 Å². The highest BCUT2D eigenvalue weighted by Crippen LogP contribution is 2.41. The van der Waals surface area contributed by atoms with E-state index in [1.54, 1.807) is 63.4 Å². The molecular weight excluding hydrogens is 496 g/mol. The van der Waals surface area contributed by atoms with Crippen molar-refractivity contribution in [2.45, 2.75) is 38.1 Å². The first-order valence-electron chi connectivity index (χ1n) is 11.9. The highest BCUT2D eigenvalue weighted by Gasteiger charge is 2.30. The summed E-state index contributed by atoms with van der Waals surface area (Å²) in [4.78, 5) is 17.8. The predicted octanol–water partition coefficient (Wildman–Crippen LogP) is 5.44. The zero-order valence-electron chi connectivity index (χ0n) is 21.6. The molecule has 0 spiro atoms. The summed E-state index contributed by atoms with van der Waals surface area (Å²) in [6.45, 7) is 7.13. The van der Waals surface area contributed by atoms with Crippen LogP contribution in [0.25, 0.3) is 33.5 Å². The number of benzene rings is 3. The van der Waals surface area contributed by atoms with Gasteiger partial charge in [0.15, 0.2) is 0 Å². The fourth-order valence-corrected chi connectivity index (χ4v) is 5.97. The van der Waals surface area contributed by atoms with Crippen molar-refractivity contribution in [3.05, 3.63) is 95.7 Å². The zero-order valence-corrected chi connectivity index (χ0v) is 22.4. The molecule has 0 saturated heterocycles. The van der Waals surface area contributed by atoms with Gasteiger partial charge in [-0.3, -0.25) is 9.78 Å². The van der Waals surface area contributed by atoms with E-state index in [2.05, 4.69) is 15.8 Å². The number of aromatic nitrogens is 1. The van der Waals surface area contributed by atoms with Gasteiger partial charge in [0.05, 0.1) is 27.8 Å². The Morgan fingerprint density at radius 1 is 0.947 bits per heavy atom. The van der Waals surface area contributed by atoms with E-state index in [0.717, 1.165) is 11.1 Å². The summed E-state index contributed by atoms with van der Waals surface area (Å²) >= 11 is 0. The molecule has 0 aliphatic rings. The molecule has 0 aliphatic heterocycles. The smallest absolute Gasteiger partial charge is 0.251 e. The second kappa shape index (κ2) is 10.2. The predicted molar refractivity (Wildman–Crippen MR) is 149 cm³/mol. The van der Waals surface area contributed by atoms with Gasteiger partial charge in [0.1, 0.15) is 0 Å². The lowest BCUT2D eigenvalue weighted by Crippen LogP contribution is -2.40. The second-order valence-corrected chi connectivity index (χ2v) is 11.7. The molecule has 1 amide bonds. The van der Waals surface area contributed by atoms with Crippen molar-refractivity contribution in [3.63, 3.8) is 0 Å². The molecule has 4 rings (SSSR count). The number of nitrogens with one attached hydrogen (secondary N) is 1. The van der Waals surface area contributed by atoms with Crippen LogP contribution in [0.2, 0.25) is 0 Å². The molecule has 3 aromatic carbocycles. The van der Waals surface area contributed by atoms with Crippen molar-refractivity contribution < 1.29 is 13.2 Å². The van der Waals surface area contributed by atoms with Crippen LogP contribution >= 0.6 is 0 Å². The van der Waals surface area contributed by atoms with Gasteiger partial charge in [-0.05, 0) is 51.5 Å². The summed E-state index contributed by atoms with van der Waals surface area (Å²) in [7, 11) is -4.01. The number of nitrogens with zero attached hydrogens (tertiary/aromatic N) is 2. The molecule has 8 heteroatoms. The molecule has 38 heavy (non-hydrogen) atoms. The van der Waals surface area contributed by atoms with Crippen molar-refractivity contribution in [1.82, 2.24) is 9.71 Å². The Balaban J connectivity index is 2.17. The lowest BCUT2D eigenvalue weighted by Gasteiger charge is -2.24. The maximum Gasteiger partial charge on any atom is 0.251 e. The van der Waals surface area contributed by atoms with Gasteiger partial charge in [-0.25, -0.2) is 13.1 Å². The lowest BCUT2D eigenvalue weighted by atomic mass is 9.88. The molecule has 4 aromatic rings. The van der Waals surface area contributed by atoms with Crippen molar-refractivity contribution in [3.8, 4) is 39.6 Å². The maximum atomic E-state index is 13.6. The van der Waals surface area contributed by atoms with Crippen molar-refractivity contribution in [1.29, 1.82) is 5.26 Å². The Morgan fingerprint density at radius 2 is 1.63 bits per heavy atom. The SMILES string of the molecule is Cc1ccc(S(=O)(=O)NC(C)(C)C)c(-c2c(-c3ccccc3)cnc(-c3cccc(C#N)c3)c2C(N)=O)c1.